The van der Waals surface area contributed by atoms with Crippen LogP contribution in [0, 0.1) is 11.8 Å². The molecule has 1 amide bonds. The summed E-state index contributed by atoms with van der Waals surface area (Å²) in [4.78, 5) is 25.6. The molecule has 4 rings (SSSR count). The van der Waals surface area contributed by atoms with Gasteiger partial charge in [0.1, 0.15) is 5.65 Å². The molecule has 29 heavy (non-hydrogen) atoms. The number of nitrogens with zero attached hydrogens (tertiary/aromatic N) is 3. The van der Waals surface area contributed by atoms with E-state index in [-0.39, 0.29) is 35.8 Å². The quantitative estimate of drug-likeness (QED) is 0.656. The van der Waals surface area contributed by atoms with Gasteiger partial charge in [-0.2, -0.15) is 9.61 Å². The van der Waals surface area contributed by atoms with Crippen LogP contribution in [-0.4, -0.2) is 44.3 Å². The first-order valence-corrected chi connectivity index (χ1v) is 10.3. The van der Waals surface area contributed by atoms with Crippen molar-refractivity contribution in [3.05, 3.63) is 27.7 Å². The second kappa shape index (κ2) is 8.75. The highest BCUT2D eigenvalue weighted by Gasteiger charge is 2.30. The van der Waals surface area contributed by atoms with Gasteiger partial charge in [-0.15, -0.1) is 12.4 Å². The van der Waals surface area contributed by atoms with E-state index in [0.29, 0.717) is 18.1 Å². The molecule has 1 saturated carbocycles. The molecule has 2 fully saturated rings. The average Bonchev–Trinajstić information content (AvgIpc) is 3.37. The molecule has 0 atom stereocenters. The Kier molecular flexibility index (Phi) is 6.53. The van der Waals surface area contributed by atoms with Crippen molar-refractivity contribution in [1.29, 1.82) is 0 Å². The van der Waals surface area contributed by atoms with E-state index in [1.807, 2.05) is 13.8 Å². The number of carbonyl (C=O) groups is 1. The van der Waals surface area contributed by atoms with Gasteiger partial charge < -0.3 is 15.7 Å². The van der Waals surface area contributed by atoms with Crippen LogP contribution in [0.4, 0.5) is 0 Å². The fourth-order valence-corrected chi connectivity index (χ4v) is 4.01. The molecule has 0 radical (unpaired) electrons. The second-order valence-electron chi connectivity index (χ2n) is 8.56. The number of amides is 1. The maximum Gasteiger partial charge on any atom is 0.291 e. The minimum absolute atomic E-state index is 0. The topological polar surface area (TPSA) is 101 Å². The predicted molar refractivity (Wildman–Crippen MR) is 113 cm³/mol. The Morgan fingerprint density at radius 3 is 2.62 bits per heavy atom. The highest BCUT2D eigenvalue weighted by Crippen LogP contribution is 2.26. The van der Waals surface area contributed by atoms with Crippen LogP contribution >= 0.6 is 12.4 Å². The van der Waals surface area contributed by atoms with Crippen LogP contribution < -0.4 is 16.2 Å². The molecule has 2 aromatic heterocycles. The summed E-state index contributed by atoms with van der Waals surface area (Å²) in [7, 11) is 0. The van der Waals surface area contributed by atoms with Gasteiger partial charge in [0.2, 0.25) is 5.88 Å². The lowest BCUT2D eigenvalue weighted by Gasteiger charge is -2.23. The lowest BCUT2D eigenvalue weighted by Crippen LogP contribution is -2.35. The van der Waals surface area contributed by atoms with Gasteiger partial charge in [-0.25, -0.2) is 0 Å². The van der Waals surface area contributed by atoms with Crippen LogP contribution in [0.25, 0.3) is 5.65 Å². The summed E-state index contributed by atoms with van der Waals surface area (Å²) >= 11 is 0. The minimum atomic E-state index is -0.554. The van der Waals surface area contributed by atoms with Crippen molar-refractivity contribution in [2.24, 2.45) is 11.8 Å². The van der Waals surface area contributed by atoms with Gasteiger partial charge in [-0.1, -0.05) is 13.8 Å². The van der Waals surface area contributed by atoms with Gasteiger partial charge in [0.05, 0.1) is 6.20 Å². The van der Waals surface area contributed by atoms with Gasteiger partial charge in [-0.05, 0) is 57.0 Å². The third-order valence-electron chi connectivity index (χ3n) is 5.61. The molecular formula is C20H30ClN5O3. The van der Waals surface area contributed by atoms with Crippen molar-refractivity contribution in [3.8, 4) is 5.88 Å². The standard InChI is InChI=1S/C20H29N5O3.ClH/c1-12(2)11-24-18-14(9-13-5-7-21-8-6-13)10-22-25(18)20(28)16(19(24)27)17(26)23-15-3-4-15;/h10,12-13,15,21,27H,3-9,11H2,1-2H3,(H,23,26);1H. The van der Waals surface area contributed by atoms with Crippen molar-refractivity contribution in [1.82, 2.24) is 24.8 Å². The molecule has 2 aromatic rings. The number of nitrogens with one attached hydrogen (secondary N) is 2. The Morgan fingerprint density at radius 1 is 1.31 bits per heavy atom. The van der Waals surface area contributed by atoms with E-state index in [1.165, 1.54) is 4.52 Å². The molecule has 0 bridgehead atoms. The molecule has 9 heteroatoms. The first kappa shape index (κ1) is 21.6. The Balaban J connectivity index is 0.00000240. The first-order chi connectivity index (χ1) is 13.5. The number of hydrogen-bond acceptors (Lipinski definition) is 5. The molecule has 2 aliphatic rings. The Bertz CT molecular complexity index is 942. The van der Waals surface area contributed by atoms with Crippen molar-refractivity contribution in [2.75, 3.05) is 13.1 Å². The summed E-state index contributed by atoms with van der Waals surface area (Å²) in [5, 5.41) is 21.4. The summed E-state index contributed by atoms with van der Waals surface area (Å²) in [6.45, 7) is 6.59. The second-order valence-corrected chi connectivity index (χ2v) is 8.56. The van der Waals surface area contributed by atoms with Crippen LogP contribution in [0.3, 0.4) is 0 Å². The van der Waals surface area contributed by atoms with Crippen LogP contribution in [0.1, 0.15) is 55.5 Å². The average molecular weight is 424 g/mol. The summed E-state index contributed by atoms with van der Waals surface area (Å²) in [5.41, 5.74) is 0.797. The van der Waals surface area contributed by atoms with Crippen LogP contribution in [0.15, 0.2) is 11.0 Å². The first-order valence-electron chi connectivity index (χ1n) is 10.3. The van der Waals surface area contributed by atoms with Gasteiger partial charge in [0.15, 0.2) is 5.56 Å². The Morgan fingerprint density at radius 2 is 2.00 bits per heavy atom. The molecule has 3 heterocycles. The van der Waals surface area contributed by atoms with Crippen molar-refractivity contribution in [2.45, 2.75) is 58.5 Å². The van der Waals surface area contributed by atoms with Gasteiger partial charge in [0, 0.05) is 18.2 Å². The van der Waals surface area contributed by atoms with Crippen molar-refractivity contribution < 1.29 is 9.90 Å². The maximum atomic E-state index is 13.0. The molecule has 160 valence electrons. The van der Waals surface area contributed by atoms with Gasteiger partial charge in [-0.3, -0.25) is 14.2 Å². The van der Waals surface area contributed by atoms with E-state index in [0.717, 1.165) is 50.8 Å². The fourth-order valence-electron chi connectivity index (χ4n) is 4.01. The number of fused-ring (bicyclic) bond motifs is 1. The minimum Gasteiger partial charge on any atom is -0.494 e. The summed E-state index contributed by atoms with van der Waals surface area (Å²) < 4.78 is 2.98. The molecule has 1 aliphatic carbocycles. The normalized spacial score (nSPS) is 17.5. The molecule has 3 N–H and O–H groups in total. The van der Waals surface area contributed by atoms with E-state index in [2.05, 4.69) is 15.7 Å². The third-order valence-corrected chi connectivity index (χ3v) is 5.61. The molecule has 0 spiro atoms. The van der Waals surface area contributed by atoms with E-state index in [4.69, 9.17) is 0 Å². The van der Waals surface area contributed by atoms with E-state index < -0.39 is 11.5 Å². The molecule has 1 saturated heterocycles. The van der Waals surface area contributed by atoms with E-state index in [1.54, 1.807) is 10.8 Å². The number of rotatable bonds is 6. The number of aromatic nitrogens is 3. The molecule has 1 aliphatic heterocycles. The summed E-state index contributed by atoms with van der Waals surface area (Å²) in [6.07, 6.45) is 6.53. The van der Waals surface area contributed by atoms with Crippen LogP contribution in [0.2, 0.25) is 0 Å². The van der Waals surface area contributed by atoms with E-state index >= 15 is 0 Å². The Labute approximate surface area is 176 Å². The lowest BCUT2D eigenvalue weighted by molar-refractivity contribution is 0.0944. The number of hydrogen-bond donors (Lipinski definition) is 3. The zero-order chi connectivity index (χ0) is 19.8. The molecular weight excluding hydrogens is 394 g/mol. The number of halogens is 1. The largest absolute Gasteiger partial charge is 0.494 e. The summed E-state index contributed by atoms with van der Waals surface area (Å²) in [6, 6.07) is 0.105. The lowest BCUT2D eigenvalue weighted by atomic mass is 9.92. The number of piperidine rings is 1. The molecule has 0 unspecified atom stereocenters. The van der Waals surface area contributed by atoms with E-state index in [9.17, 15) is 14.7 Å². The van der Waals surface area contributed by atoms with Crippen molar-refractivity contribution >= 4 is 24.0 Å². The highest BCUT2D eigenvalue weighted by molar-refractivity contribution is 5.96. The molecule has 8 nitrogen and oxygen atoms in total. The molecule has 0 aromatic carbocycles. The zero-order valence-electron chi connectivity index (χ0n) is 17.0. The predicted octanol–water partition coefficient (Wildman–Crippen LogP) is 1.71. The fraction of sp³-hybridized carbons (Fsp3) is 0.650. The smallest absolute Gasteiger partial charge is 0.291 e. The number of carbonyl (C=O) groups excluding carboxylic acids is 1. The Hall–Kier alpha value is -2.06. The van der Waals surface area contributed by atoms with Gasteiger partial charge in [0.25, 0.3) is 11.5 Å². The monoisotopic (exact) mass is 423 g/mol. The van der Waals surface area contributed by atoms with Crippen molar-refractivity contribution in [3.63, 3.8) is 0 Å². The maximum absolute atomic E-state index is 13.0. The van der Waals surface area contributed by atoms with Gasteiger partial charge >= 0.3 is 0 Å². The number of aromatic hydroxyl groups is 1. The summed E-state index contributed by atoms with van der Waals surface area (Å²) in [5.74, 6) is -0.00812. The van der Waals surface area contributed by atoms with Crippen LogP contribution in [0.5, 0.6) is 5.88 Å². The highest BCUT2D eigenvalue weighted by atomic mass is 35.5. The van der Waals surface area contributed by atoms with Crippen LogP contribution in [-0.2, 0) is 13.0 Å². The SMILES string of the molecule is CC(C)Cn1c(O)c(C(=O)NC2CC2)c(=O)n2ncc(CC3CCNCC3)c12.Cl. The third kappa shape index (κ3) is 4.43. The zero-order valence-corrected chi connectivity index (χ0v) is 17.8.